The number of aromatic nitrogens is 2. The standard InChI is InChI=1S/C11H17ClN4/c1-8(13)9-3-2-4-16(6-9)11-10(12)5-14-7-15-11/h5,7-9H,2-4,6,13H2,1H3. The van der Waals surface area contributed by atoms with Gasteiger partial charge in [-0.05, 0) is 25.7 Å². The Balaban J connectivity index is 2.13. The Labute approximate surface area is 101 Å². The molecule has 1 saturated heterocycles. The zero-order chi connectivity index (χ0) is 11.5. The van der Waals surface area contributed by atoms with Gasteiger partial charge in [-0.1, -0.05) is 11.6 Å². The molecule has 0 saturated carbocycles. The summed E-state index contributed by atoms with van der Waals surface area (Å²) in [6.45, 7) is 4.00. The average molecular weight is 241 g/mol. The summed E-state index contributed by atoms with van der Waals surface area (Å²) < 4.78 is 0. The maximum absolute atomic E-state index is 6.09. The van der Waals surface area contributed by atoms with Crippen LogP contribution in [0.15, 0.2) is 12.5 Å². The molecule has 5 heteroatoms. The molecule has 88 valence electrons. The predicted molar refractivity (Wildman–Crippen MR) is 65.6 cm³/mol. The summed E-state index contributed by atoms with van der Waals surface area (Å²) in [7, 11) is 0. The van der Waals surface area contributed by atoms with Gasteiger partial charge in [-0.15, -0.1) is 0 Å². The van der Waals surface area contributed by atoms with Crippen LogP contribution in [0.2, 0.25) is 5.02 Å². The van der Waals surface area contributed by atoms with Gasteiger partial charge in [-0.25, -0.2) is 9.97 Å². The lowest BCUT2D eigenvalue weighted by molar-refractivity contribution is 0.363. The lowest BCUT2D eigenvalue weighted by atomic mass is 9.92. The first-order chi connectivity index (χ1) is 7.68. The van der Waals surface area contributed by atoms with E-state index in [0.717, 1.165) is 25.3 Å². The minimum Gasteiger partial charge on any atom is -0.355 e. The van der Waals surface area contributed by atoms with Gasteiger partial charge in [-0.2, -0.15) is 0 Å². The molecule has 0 aromatic carbocycles. The van der Waals surface area contributed by atoms with Gasteiger partial charge in [-0.3, -0.25) is 0 Å². The Hall–Kier alpha value is -0.870. The van der Waals surface area contributed by atoms with Crippen LogP contribution in [-0.4, -0.2) is 29.1 Å². The third-order valence-electron chi connectivity index (χ3n) is 3.15. The van der Waals surface area contributed by atoms with E-state index in [2.05, 4.69) is 21.8 Å². The Morgan fingerprint density at radius 2 is 2.44 bits per heavy atom. The summed E-state index contributed by atoms with van der Waals surface area (Å²) in [6.07, 6.45) is 5.51. The summed E-state index contributed by atoms with van der Waals surface area (Å²) >= 11 is 6.09. The summed E-state index contributed by atoms with van der Waals surface area (Å²) in [6, 6.07) is 0.225. The number of hydrogen-bond acceptors (Lipinski definition) is 4. The molecule has 2 rings (SSSR count). The van der Waals surface area contributed by atoms with Crippen molar-refractivity contribution >= 4 is 17.4 Å². The molecule has 0 amide bonds. The largest absolute Gasteiger partial charge is 0.355 e. The number of nitrogens with zero attached hydrogens (tertiary/aromatic N) is 3. The van der Waals surface area contributed by atoms with Crippen LogP contribution in [0.4, 0.5) is 5.82 Å². The van der Waals surface area contributed by atoms with Crippen LogP contribution in [-0.2, 0) is 0 Å². The molecule has 1 aromatic heterocycles. The lowest BCUT2D eigenvalue weighted by Gasteiger charge is -2.35. The van der Waals surface area contributed by atoms with Crippen molar-refractivity contribution in [1.29, 1.82) is 0 Å². The molecule has 2 unspecified atom stereocenters. The van der Waals surface area contributed by atoms with E-state index in [1.807, 2.05) is 0 Å². The molecule has 2 heterocycles. The van der Waals surface area contributed by atoms with Crippen LogP contribution in [0.5, 0.6) is 0 Å². The molecule has 1 aliphatic rings. The molecule has 4 nitrogen and oxygen atoms in total. The van der Waals surface area contributed by atoms with Crippen molar-refractivity contribution in [2.24, 2.45) is 11.7 Å². The Morgan fingerprint density at radius 3 is 3.12 bits per heavy atom. The molecule has 0 aliphatic carbocycles. The van der Waals surface area contributed by atoms with Crippen molar-refractivity contribution in [2.45, 2.75) is 25.8 Å². The molecule has 1 aromatic rings. The van der Waals surface area contributed by atoms with E-state index in [0.29, 0.717) is 10.9 Å². The maximum Gasteiger partial charge on any atom is 0.150 e. The zero-order valence-electron chi connectivity index (χ0n) is 9.43. The van der Waals surface area contributed by atoms with Gasteiger partial charge >= 0.3 is 0 Å². The van der Waals surface area contributed by atoms with Crippen LogP contribution >= 0.6 is 11.6 Å². The van der Waals surface area contributed by atoms with Crippen LogP contribution < -0.4 is 10.6 Å². The van der Waals surface area contributed by atoms with Gasteiger partial charge in [0.1, 0.15) is 11.3 Å². The zero-order valence-corrected chi connectivity index (χ0v) is 10.2. The van der Waals surface area contributed by atoms with Gasteiger partial charge in [0, 0.05) is 19.1 Å². The first-order valence-electron chi connectivity index (χ1n) is 5.64. The Morgan fingerprint density at radius 1 is 1.62 bits per heavy atom. The average Bonchev–Trinajstić information content (AvgIpc) is 2.30. The fourth-order valence-corrected chi connectivity index (χ4v) is 2.40. The molecular weight excluding hydrogens is 224 g/mol. The molecule has 0 spiro atoms. The highest BCUT2D eigenvalue weighted by molar-refractivity contribution is 6.32. The number of rotatable bonds is 2. The van der Waals surface area contributed by atoms with Crippen LogP contribution in [0.25, 0.3) is 0 Å². The van der Waals surface area contributed by atoms with Gasteiger partial charge in [0.05, 0.1) is 6.20 Å². The molecule has 1 aliphatic heterocycles. The summed E-state index contributed by atoms with van der Waals surface area (Å²) in [4.78, 5) is 10.3. The van der Waals surface area contributed by atoms with E-state index in [-0.39, 0.29) is 6.04 Å². The SMILES string of the molecule is CC(N)C1CCCN(c2ncncc2Cl)C1. The first-order valence-corrected chi connectivity index (χ1v) is 6.02. The van der Waals surface area contributed by atoms with E-state index in [9.17, 15) is 0 Å². The molecule has 2 atom stereocenters. The van der Waals surface area contributed by atoms with E-state index < -0.39 is 0 Å². The fourth-order valence-electron chi connectivity index (χ4n) is 2.17. The Kier molecular flexibility index (Phi) is 3.61. The predicted octanol–water partition coefficient (Wildman–Crippen LogP) is 1.69. The van der Waals surface area contributed by atoms with E-state index >= 15 is 0 Å². The molecule has 2 N–H and O–H groups in total. The van der Waals surface area contributed by atoms with E-state index in [4.69, 9.17) is 17.3 Å². The van der Waals surface area contributed by atoms with Crippen molar-refractivity contribution in [3.05, 3.63) is 17.5 Å². The molecule has 0 bridgehead atoms. The molecule has 16 heavy (non-hydrogen) atoms. The van der Waals surface area contributed by atoms with Crippen molar-refractivity contribution in [3.63, 3.8) is 0 Å². The normalized spacial score (nSPS) is 23.2. The van der Waals surface area contributed by atoms with Crippen molar-refractivity contribution < 1.29 is 0 Å². The summed E-state index contributed by atoms with van der Waals surface area (Å²) in [5, 5.41) is 0.618. The third-order valence-corrected chi connectivity index (χ3v) is 3.42. The maximum atomic E-state index is 6.09. The van der Waals surface area contributed by atoms with Crippen LogP contribution in [0.3, 0.4) is 0 Å². The van der Waals surface area contributed by atoms with Gasteiger partial charge < -0.3 is 10.6 Å². The minimum atomic E-state index is 0.225. The number of hydrogen-bond donors (Lipinski definition) is 1. The van der Waals surface area contributed by atoms with Gasteiger partial charge in [0.25, 0.3) is 0 Å². The number of halogens is 1. The summed E-state index contributed by atoms with van der Waals surface area (Å²) in [5.41, 5.74) is 5.95. The lowest BCUT2D eigenvalue weighted by Crippen LogP contribution is -2.42. The number of piperidine rings is 1. The monoisotopic (exact) mass is 240 g/mol. The van der Waals surface area contributed by atoms with Gasteiger partial charge in [0.2, 0.25) is 0 Å². The van der Waals surface area contributed by atoms with Crippen molar-refractivity contribution in [1.82, 2.24) is 9.97 Å². The van der Waals surface area contributed by atoms with Crippen LogP contribution in [0.1, 0.15) is 19.8 Å². The second kappa shape index (κ2) is 4.97. The smallest absolute Gasteiger partial charge is 0.150 e. The highest BCUT2D eigenvalue weighted by Crippen LogP contribution is 2.27. The van der Waals surface area contributed by atoms with Crippen molar-refractivity contribution in [3.8, 4) is 0 Å². The first kappa shape index (κ1) is 11.6. The van der Waals surface area contributed by atoms with Gasteiger partial charge in [0.15, 0.2) is 5.82 Å². The second-order valence-electron chi connectivity index (χ2n) is 4.40. The summed E-state index contributed by atoms with van der Waals surface area (Å²) in [5.74, 6) is 1.36. The number of nitrogens with two attached hydrogens (primary N) is 1. The van der Waals surface area contributed by atoms with Crippen molar-refractivity contribution in [2.75, 3.05) is 18.0 Å². The fraction of sp³-hybridized carbons (Fsp3) is 0.636. The van der Waals surface area contributed by atoms with E-state index in [1.54, 1.807) is 6.20 Å². The Bertz CT molecular complexity index is 356. The minimum absolute atomic E-state index is 0.225. The third kappa shape index (κ3) is 2.44. The quantitative estimate of drug-likeness (QED) is 0.855. The van der Waals surface area contributed by atoms with E-state index in [1.165, 1.54) is 12.7 Å². The highest BCUT2D eigenvalue weighted by Gasteiger charge is 2.24. The topological polar surface area (TPSA) is 55.0 Å². The van der Waals surface area contributed by atoms with Crippen LogP contribution in [0, 0.1) is 5.92 Å². The second-order valence-corrected chi connectivity index (χ2v) is 4.81. The number of anilines is 1. The molecule has 0 radical (unpaired) electrons. The molecule has 1 fully saturated rings. The highest BCUT2D eigenvalue weighted by atomic mass is 35.5. The molecular formula is C11H17ClN4.